The van der Waals surface area contributed by atoms with E-state index in [4.69, 9.17) is 0 Å². The van der Waals surface area contributed by atoms with Gasteiger partial charge in [0, 0.05) is 4.88 Å². The van der Waals surface area contributed by atoms with E-state index in [-0.39, 0.29) is 5.82 Å². The van der Waals surface area contributed by atoms with Crippen LogP contribution in [0.1, 0.15) is 4.88 Å². The van der Waals surface area contributed by atoms with Crippen LogP contribution in [0.2, 0.25) is 0 Å². The Morgan fingerprint density at radius 2 is 2.08 bits per heavy atom. The van der Waals surface area contributed by atoms with Crippen LogP contribution in [0, 0.1) is 12.7 Å². The molecule has 2 heteroatoms. The molecule has 1 heterocycles. The van der Waals surface area contributed by atoms with Crippen molar-refractivity contribution in [1.29, 1.82) is 0 Å². The predicted octanol–water partition coefficient (Wildman–Crippen LogP) is 3.86. The molecule has 0 atom stereocenters. The standard InChI is InChI=1S/C11H9FS/c1-8-11(5-6-13-8)9-3-2-4-10(12)7-9/h2-7H,1H3. The van der Waals surface area contributed by atoms with Crippen LogP contribution < -0.4 is 0 Å². The first kappa shape index (κ1) is 8.45. The monoisotopic (exact) mass is 192 g/mol. The van der Waals surface area contributed by atoms with Crippen LogP contribution in [0.4, 0.5) is 4.39 Å². The zero-order valence-corrected chi connectivity index (χ0v) is 8.07. The molecule has 1 aromatic carbocycles. The number of hydrogen-bond acceptors (Lipinski definition) is 1. The maximum atomic E-state index is 12.9. The van der Waals surface area contributed by atoms with Crippen molar-refractivity contribution in [2.45, 2.75) is 6.92 Å². The van der Waals surface area contributed by atoms with E-state index in [9.17, 15) is 4.39 Å². The van der Waals surface area contributed by atoms with Crippen molar-refractivity contribution in [3.63, 3.8) is 0 Å². The summed E-state index contributed by atoms with van der Waals surface area (Å²) in [6, 6.07) is 8.72. The largest absolute Gasteiger partial charge is 0.207 e. The third kappa shape index (κ3) is 1.63. The van der Waals surface area contributed by atoms with Gasteiger partial charge in [-0.25, -0.2) is 4.39 Å². The molecule has 0 bridgehead atoms. The summed E-state index contributed by atoms with van der Waals surface area (Å²) in [4.78, 5) is 1.23. The van der Waals surface area contributed by atoms with Crippen LogP contribution in [-0.2, 0) is 0 Å². The van der Waals surface area contributed by atoms with Gasteiger partial charge in [-0.1, -0.05) is 12.1 Å². The average molecular weight is 192 g/mol. The summed E-state index contributed by atoms with van der Waals surface area (Å²) in [5.41, 5.74) is 2.09. The van der Waals surface area contributed by atoms with E-state index in [0.717, 1.165) is 11.1 Å². The van der Waals surface area contributed by atoms with Crippen LogP contribution >= 0.6 is 11.3 Å². The maximum Gasteiger partial charge on any atom is 0.123 e. The van der Waals surface area contributed by atoms with Crippen molar-refractivity contribution in [3.05, 3.63) is 46.4 Å². The number of aryl methyl sites for hydroxylation is 1. The molecule has 0 unspecified atom stereocenters. The summed E-state index contributed by atoms with van der Waals surface area (Å²) in [6.07, 6.45) is 0. The van der Waals surface area contributed by atoms with Gasteiger partial charge in [0.15, 0.2) is 0 Å². The van der Waals surface area contributed by atoms with Crippen molar-refractivity contribution >= 4 is 11.3 Å². The summed E-state index contributed by atoms with van der Waals surface area (Å²) in [5, 5.41) is 2.02. The summed E-state index contributed by atoms with van der Waals surface area (Å²) in [6.45, 7) is 2.05. The minimum atomic E-state index is -0.178. The van der Waals surface area contributed by atoms with Crippen LogP contribution in [0.5, 0.6) is 0 Å². The zero-order chi connectivity index (χ0) is 9.26. The van der Waals surface area contributed by atoms with Gasteiger partial charge in [0.2, 0.25) is 0 Å². The lowest BCUT2D eigenvalue weighted by atomic mass is 10.1. The fraction of sp³-hybridized carbons (Fsp3) is 0.0909. The molecule has 0 aliphatic heterocycles. The molecule has 0 N–H and O–H groups in total. The fourth-order valence-electron chi connectivity index (χ4n) is 1.34. The minimum Gasteiger partial charge on any atom is -0.207 e. The Morgan fingerprint density at radius 3 is 2.69 bits per heavy atom. The van der Waals surface area contributed by atoms with Crippen molar-refractivity contribution < 1.29 is 4.39 Å². The Labute approximate surface area is 80.7 Å². The van der Waals surface area contributed by atoms with E-state index < -0.39 is 0 Å². The van der Waals surface area contributed by atoms with Crippen LogP contribution in [0.15, 0.2) is 35.7 Å². The van der Waals surface area contributed by atoms with Crippen molar-refractivity contribution in [1.82, 2.24) is 0 Å². The first-order valence-electron chi connectivity index (χ1n) is 4.07. The van der Waals surface area contributed by atoms with Gasteiger partial charge in [0.1, 0.15) is 5.82 Å². The van der Waals surface area contributed by atoms with Crippen LogP contribution in [0.3, 0.4) is 0 Å². The smallest absolute Gasteiger partial charge is 0.123 e. The van der Waals surface area contributed by atoms with E-state index in [1.165, 1.54) is 10.9 Å². The van der Waals surface area contributed by atoms with E-state index in [0.29, 0.717) is 0 Å². The molecule has 0 aliphatic rings. The molecule has 0 nitrogen and oxygen atoms in total. The summed E-state index contributed by atoms with van der Waals surface area (Å²) < 4.78 is 12.9. The molecule has 66 valence electrons. The lowest BCUT2D eigenvalue weighted by Gasteiger charge is -1.99. The van der Waals surface area contributed by atoms with E-state index in [2.05, 4.69) is 0 Å². The lowest BCUT2D eigenvalue weighted by Crippen LogP contribution is -1.78. The Morgan fingerprint density at radius 1 is 1.23 bits per heavy atom. The summed E-state index contributed by atoms with van der Waals surface area (Å²) in [7, 11) is 0. The molecule has 0 radical (unpaired) electrons. The van der Waals surface area contributed by atoms with Crippen molar-refractivity contribution in [2.75, 3.05) is 0 Å². The Balaban J connectivity index is 2.53. The van der Waals surface area contributed by atoms with Gasteiger partial charge in [-0.3, -0.25) is 0 Å². The van der Waals surface area contributed by atoms with Gasteiger partial charge in [-0.05, 0) is 41.6 Å². The van der Waals surface area contributed by atoms with Gasteiger partial charge in [0.25, 0.3) is 0 Å². The third-order valence-electron chi connectivity index (χ3n) is 1.99. The highest BCUT2D eigenvalue weighted by atomic mass is 32.1. The molecule has 0 saturated carbocycles. The molecule has 0 spiro atoms. The maximum absolute atomic E-state index is 12.9. The van der Waals surface area contributed by atoms with Gasteiger partial charge in [-0.2, -0.15) is 0 Å². The summed E-state index contributed by atoms with van der Waals surface area (Å²) >= 11 is 1.68. The van der Waals surface area contributed by atoms with Gasteiger partial charge in [0.05, 0.1) is 0 Å². The minimum absolute atomic E-state index is 0.178. The Kier molecular flexibility index (Phi) is 2.15. The van der Waals surface area contributed by atoms with Crippen LogP contribution in [-0.4, -0.2) is 0 Å². The molecular formula is C11H9FS. The molecule has 13 heavy (non-hydrogen) atoms. The van der Waals surface area contributed by atoms with Crippen LogP contribution in [0.25, 0.3) is 11.1 Å². The molecule has 0 saturated heterocycles. The number of hydrogen-bond donors (Lipinski definition) is 0. The normalized spacial score (nSPS) is 10.3. The lowest BCUT2D eigenvalue weighted by molar-refractivity contribution is 0.628. The number of rotatable bonds is 1. The van der Waals surface area contributed by atoms with E-state index >= 15 is 0 Å². The second kappa shape index (κ2) is 3.30. The first-order valence-corrected chi connectivity index (χ1v) is 4.95. The second-order valence-corrected chi connectivity index (χ2v) is 4.02. The SMILES string of the molecule is Cc1sccc1-c1cccc(F)c1. The average Bonchev–Trinajstić information content (AvgIpc) is 2.51. The molecule has 0 aliphatic carbocycles. The topological polar surface area (TPSA) is 0 Å². The number of halogens is 1. The molecule has 2 aromatic rings. The van der Waals surface area contributed by atoms with E-state index in [1.807, 2.05) is 24.4 Å². The first-order chi connectivity index (χ1) is 6.27. The summed E-state index contributed by atoms with van der Waals surface area (Å²) in [5.74, 6) is -0.178. The highest BCUT2D eigenvalue weighted by Crippen LogP contribution is 2.27. The predicted molar refractivity (Wildman–Crippen MR) is 54.5 cm³/mol. The van der Waals surface area contributed by atoms with Crippen molar-refractivity contribution in [2.24, 2.45) is 0 Å². The Bertz CT molecular complexity index is 418. The number of thiophene rings is 1. The molecule has 2 rings (SSSR count). The molecule has 0 amide bonds. The third-order valence-corrected chi connectivity index (χ3v) is 2.84. The fourth-order valence-corrected chi connectivity index (χ4v) is 2.06. The van der Waals surface area contributed by atoms with Gasteiger partial charge >= 0.3 is 0 Å². The highest BCUT2D eigenvalue weighted by molar-refractivity contribution is 7.10. The highest BCUT2D eigenvalue weighted by Gasteiger charge is 2.02. The van der Waals surface area contributed by atoms with Crippen molar-refractivity contribution in [3.8, 4) is 11.1 Å². The molecule has 0 fully saturated rings. The van der Waals surface area contributed by atoms with E-state index in [1.54, 1.807) is 23.5 Å². The Hall–Kier alpha value is -1.15. The quantitative estimate of drug-likeness (QED) is 0.643. The number of benzene rings is 1. The molecule has 1 aromatic heterocycles. The molecular weight excluding hydrogens is 183 g/mol. The van der Waals surface area contributed by atoms with Gasteiger partial charge in [-0.15, -0.1) is 11.3 Å². The second-order valence-electron chi connectivity index (χ2n) is 2.90. The van der Waals surface area contributed by atoms with Gasteiger partial charge < -0.3 is 0 Å². The zero-order valence-electron chi connectivity index (χ0n) is 7.25.